The van der Waals surface area contributed by atoms with Gasteiger partial charge in [0, 0.05) is 24.7 Å². The van der Waals surface area contributed by atoms with Gasteiger partial charge in [-0.2, -0.15) is 0 Å². The molecule has 0 saturated heterocycles. The second-order valence-corrected chi connectivity index (χ2v) is 8.17. The lowest BCUT2D eigenvalue weighted by Crippen LogP contribution is -2.15. The topological polar surface area (TPSA) is 76.9 Å². The molecule has 0 radical (unpaired) electrons. The summed E-state index contributed by atoms with van der Waals surface area (Å²) < 4.78 is 2.03. The summed E-state index contributed by atoms with van der Waals surface area (Å²) in [6.07, 6.45) is 0. The highest BCUT2D eigenvalue weighted by molar-refractivity contribution is 8.00. The molecule has 3 rings (SSSR count). The molecule has 6 nitrogen and oxygen atoms in total. The molecular formula is C19H20N4O2S2. The van der Waals surface area contributed by atoms with Crippen LogP contribution in [0.25, 0.3) is 10.7 Å². The van der Waals surface area contributed by atoms with Crippen LogP contribution in [0.1, 0.15) is 31.1 Å². The zero-order valence-corrected chi connectivity index (χ0v) is 16.9. The van der Waals surface area contributed by atoms with Crippen molar-refractivity contribution >= 4 is 40.5 Å². The quantitative estimate of drug-likeness (QED) is 0.471. The van der Waals surface area contributed by atoms with E-state index in [1.807, 2.05) is 35.9 Å². The van der Waals surface area contributed by atoms with E-state index in [-0.39, 0.29) is 16.9 Å². The van der Waals surface area contributed by atoms with E-state index in [2.05, 4.69) is 15.5 Å². The van der Waals surface area contributed by atoms with E-state index in [4.69, 9.17) is 0 Å². The van der Waals surface area contributed by atoms with Crippen molar-refractivity contribution in [1.29, 1.82) is 0 Å². The number of thioether (sulfide) groups is 1. The number of rotatable bonds is 7. The van der Waals surface area contributed by atoms with Crippen molar-refractivity contribution in [3.63, 3.8) is 0 Å². The molecule has 0 aliphatic heterocycles. The maximum atomic E-state index is 12.8. The Morgan fingerprint density at radius 3 is 2.56 bits per heavy atom. The molecule has 0 saturated carbocycles. The number of carbonyl (C=O) groups excluding carboxylic acids is 2. The van der Waals surface area contributed by atoms with Crippen LogP contribution in [0.3, 0.4) is 0 Å². The number of amides is 1. The molecule has 0 aliphatic rings. The molecule has 3 aromatic rings. The summed E-state index contributed by atoms with van der Waals surface area (Å²) in [6, 6.07) is 10.9. The third-order valence-electron chi connectivity index (χ3n) is 3.92. The predicted molar refractivity (Wildman–Crippen MR) is 109 cm³/mol. The van der Waals surface area contributed by atoms with Gasteiger partial charge in [0.25, 0.3) is 0 Å². The monoisotopic (exact) mass is 400 g/mol. The van der Waals surface area contributed by atoms with Crippen LogP contribution < -0.4 is 5.32 Å². The lowest BCUT2D eigenvalue weighted by molar-refractivity contribution is -0.114. The van der Waals surface area contributed by atoms with Gasteiger partial charge >= 0.3 is 0 Å². The first-order chi connectivity index (χ1) is 13.0. The Balaban J connectivity index is 1.74. The highest BCUT2D eigenvalue weighted by Gasteiger charge is 2.21. The van der Waals surface area contributed by atoms with E-state index in [1.165, 1.54) is 18.7 Å². The van der Waals surface area contributed by atoms with E-state index < -0.39 is 0 Å². The average molecular weight is 401 g/mol. The highest BCUT2D eigenvalue weighted by Crippen LogP contribution is 2.30. The van der Waals surface area contributed by atoms with Crippen LogP contribution in [0, 0.1) is 0 Å². The molecule has 0 fully saturated rings. The molecule has 8 heteroatoms. The van der Waals surface area contributed by atoms with Crippen LogP contribution >= 0.6 is 23.1 Å². The van der Waals surface area contributed by atoms with Gasteiger partial charge in [0.05, 0.1) is 10.1 Å². The van der Waals surface area contributed by atoms with Crippen molar-refractivity contribution in [3.05, 3.63) is 47.3 Å². The Labute approximate surface area is 166 Å². The summed E-state index contributed by atoms with van der Waals surface area (Å²) in [7, 11) is 0. The number of ketones is 1. The third kappa shape index (κ3) is 4.45. The van der Waals surface area contributed by atoms with E-state index in [0.717, 1.165) is 22.4 Å². The Kier molecular flexibility index (Phi) is 6.08. The van der Waals surface area contributed by atoms with Gasteiger partial charge in [-0.25, -0.2) is 0 Å². The molecule has 2 aromatic heterocycles. The summed E-state index contributed by atoms with van der Waals surface area (Å²) in [6.45, 7) is 6.09. The highest BCUT2D eigenvalue weighted by atomic mass is 32.2. The van der Waals surface area contributed by atoms with Crippen molar-refractivity contribution in [2.45, 2.75) is 37.7 Å². The number of aromatic nitrogens is 3. The largest absolute Gasteiger partial charge is 0.326 e. The first kappa shape index (κ1) is 19.3. The predicted octanol–water partition coefficient (Wildman–Crippen LogP) is 4.35. The van der Waals surface area contributed by atoms with Crippen LogP contribution in [-0.4, -0.2) is 31.7 Å². The number of nitrogens with zero attached hydrogens (tertiary/aromatic N) is 3. The molecule has 0 spiro atoms. The van der Waals surface area contributed by atoms with Crippen LogP contribution in [0.2, 0.25) is 0 Å². The molecule has 1 unspecified atom stereocenters. The average Bonchev–Trinajstić information content (AvgIpc) is 3.30. The molecule has 1 atom stereocenters. The van der Waals surface area contributed by atoms with Gasteiger partial charge in [-0.15, -0.1) is 21.5 Å². The van der Waals surface area contributed by atoms with Gasteiger partial charge in [0.15, 0.2) is 16.8 Å². The summed E-state index contributed by atoms with van der Waals surface area (Å²) in [5.74, 6) is 0.699. The molecular weight excluding hydrogens is 380 g/mol. The fraction of sp³-hybridized carbons (Fsp3) is 0.263. The first-order valence-corrected chi connectivity index (χ1v) is 10.3. The molecule has 1 amide bonds. The van der Waals surface area contributed by atoms with Crippen LogP contribution in [0.15, 0.2) is 46.9 Å². The summed E-state index contributed by atoms with van der Waals surface area (Å²) >= 11 is 3.02. The molecule has 0 bridgehead atoms. The van der Waals surface area contributed by atoms with Crippen molar-refractivity contribution in [2.75, 3.05) is 5.32 Å². The van der Waals surface area contributed by atoms with Gasteiger partial charge in [0.1, 0.15) is 0 Å². The Morgan fingerprint density at radius 2 is 1.96 bits per heavy atom. The normalized spacial score (nSPS) is 12.0. The minimum atomic E-state index is -0.303. The van der Waals surface area contributed by atoms with Crippen LogP contribution in [0.4, 0.5) is 5.69 Å². The number of anilines is 1. The van der Waals surface area contributed by atoms with E-state index in [1.54, 1.807) is 35.6 Å². The Bertz CT molecular complexity index is 933. The van der Waals surface area contributed by atoms with Crippen LogP contribution in [-0.2, 0) is 11.3 Å². The fourth-order valence-corrected chi connectivity index (χ4v) is 4.32. The van der Waals surface area contributed by atoms with Crippen molar-refractivity contribution in [2.24, 2.45) is 0 Å². The Morgan fingerprint density at radius 1 is 1.22 bits per heavy atom. The lowest BCUT2D eigenvalue weighted by Gasteiger charge is -2.12. The molecule has 1 aromatic carbocycles. The minimum Gasteiger partial charge on any atom is -0.326 e. The van der Waals surface area contributed by atoms with Crippen molar-refractivity contribution < 1.29 is 9.59 Å². The summed E-state index contributed by atoms with van der Waals surface area (Å²) in [4.78, 5) is 24.9. The number of Topliss-reactive ketones (excluding diaryl/α,β-unsaturated/α-hetero) is 1. The third-order valence-corrected chi connectivity index (χ3v) is 5.86. The zero-order valence-electron chi connectivity index (χ0n) is 15.3. The van der Waals surface area contributed by atoms with E-state index >= 15 is 0 Å². The molecule has 140 valence electrons. The van der Waals surface area contributed by atoms with E-state index in [9.17, 15) is 9.59 Å². The summed E-state index contributed by atoms with van der Waals surface area (Å²) in [5.41, 5.74) is 1.27. The number of nitrogens with one attached hydrogen (secondary N) is 1. The number of hydrogen-bond donors (Lipinski definition) is 1. The van der Waals surface area contributed by atoms with Crippen molar-refractivity contribution in [3.8, 4) is 10.7 Å². The maximum absolute atomic E-state index is 12.8. The molecule has 2 heterocycles. The summed E-state index contributed by atoms with van der Waals surface area (Å²) in [5, 5.41) is 13.7. The second kappa shape index (κ2) is 8.49. The standard InChI is InChI=1S/C19H20N4O2S2/c1-4-23-18(16-6-5-11-26-16)21-22-19(23)27-12(2)17(25)14-7-9-15(10-8-14)20-13(3)24/h5-12H,4H2,1-3H3,(H,20,24). The molecule has 27 heavy (non-hydrogen) atoms. The fourth-order valence-electron chi connectivity index (χ4n) is 2.62. The van der Waals surface area contributed by atoms with E-state index in [0.29, 0.717) is 11.3 Å². The van der Waals surface area contributed by atoms with Crippen molar-refractivity contribution in [1.82, 2.24) is 14.8 Å². The maximum Gasteiger partial charge on any atom is 0.221 e. The SMILES string of the molecule is CCn1c(SC(C)C(=O)c2ccc(NC(C)=O)cc2)nnc1-c1cccs1. The van der Waals surface area contributed by atoms with Gasteiger partial charge < -0.3 is 9.88 Å². The molecule has 1 N–H and O–H groups in total. The smallest absolute Gasteiger partial charge is 0.221 e. The second-order valence-electron chi connectivity index (χ2n) is 5.91. The van der Waals surface area contributed by atoms with Crippen LogP contribution in [0.5, 0.6) is 0 Å². The number of carbonyl (C=O) groups is 2. The van der Waals surface area contributed by atoms with Gasteiger partial charge in [-0.1, -0.05) is 17.8 Å². The number of thiophene rings is 1. The van der Waals surface area contributed by atoms with Gasteiger partial charge in [-0.05, 0) is 49.6 Å². The zero-order chi connectivity index (χ0) is 19.4. The van der Waals surface area contributed by atoms with Gasteiger partial charge in [0.2, 0.25) is 5.91 Å². The number of benzene rings is 1. The first-order valence-electron chi connectivity index (χ1n) is 8.55. The minimum absolute atomic E-state index is 0.0118. The number of hydrogen-bond acceptors (Lipinski definition) is 6. The Hall–Kier alpha value is -2.45. The lowest BCUT2D eigenvalue weighted by atomic mass is 10.1. The molecule has 0 aliphatic carbocycles. The van der Waals surface area contributed by atoms with Gasteiger partial charge in [-0.3, -0.25) is 9.59 Å².